The molecule has 3 aromatic rings. The summed E-state index contributed by atoms with van der Waals surface area (Å²) in [6, 6.07) is 13.7. The Balaban J connectivity index is 1.85. The van der Waals surface area contributed by atoms with E-state index in [-0.39, 0.29) is 24.2 Å². The Morgan fingerprint density at radius 1 is 1.24 bits per heavy atom. The van der Waals surface area contributed by atoms with Crippen LogP contribution in [0.2, 0.25) is 0 Å². The lowest BCUT2D eigenvalue weighted by Crippen LogP contribution is -2.31. The molecule has 0 saturated carbocycles. The summed E-state index contributed by atoms with van der Waals surface area (Å²) < 4.78 is 20.2. The minimum atomic E-state index is -0.304. The molecule has 1 aromatic heterocycles. The molecule has 0 fully saturated rings. The number of hydrogen-bond acceptors (Lipinski definition) is 3. The van der Waals surface area contributed by atoms with Crippen LogP contribution in [0.3, 0.4) is 0 Å². The number of carbonyl (C=O) groups is 1. The number of imidazole rings is 1. The molecule has 0 radical (unpaired) electrons. The number of aromatic nitrogens is 2. The fourth-order valence-corrected chi connectivity index (χ4v) is 2.74. The van der Waals surface area contributed by atoms with Crippen LogP contribution in [-0.4, -0.2) is 29.2 Å². The highest BCUT2D eigenvalue weighted by Crippen LogP contribution is 2.20. The molecule has 2 aromatic carbocycles. The monoisotopic (exact) mass is 341 g/mol. The van der Waals surface area contributed by atoms with Gasteiger partial charge in [0.05, 0.1) is 30.0 Å². The van der Waals surface area contributed by atoms with Gasteiger partial charge in [0, 0.05) is 20.1 Å². The van der Waals surface area contributed by atoms with Crippen LogP contribution in [0.15, 0.2) is 54.9 Å². The number of amides is 1. The molecule has 0 spiro atoms. The summed E-state index contributed by atoms with van der Waals surface area (Å²) in [7, 11) is 1.56. The Bertz CT molecular complexity index is 845. The van der Waals surface area contributed by atoms with Gasteiger partial charge in [0.25, 0.3) is 0 Å². The van der Waals surface area contributed by atoms with Crippen molar-refractivity contribution in [2.45, 2.75) is 19.0 Å². The number of nitrogens with one attached hydrogen (secondary N) is 1. The number of methoxy groups -OCH3 is 1. The van der Waals surface area contributed by atoms with Crippen LogP contribution >= 0.6 is 0 Å². The SMILES string of the molecule is COCCC(=O)N[C@@H](Cn1cnc2ccccc21)c1ccc(F)cc1. The first-order valence-corrected chi connectivity index (χ1v) is 8.11. The topological polar surface area (TPSA) is 56.1 Å². The van der Waals surface area contributed by atoms with Crippen molar-refractivity contribution in [1.29, 1.82) is 0 Å². The number of benzene rings is 2. The second-order valence-corrected chi connectivity index (χ2v) is 5.80. The van der Waals surface area contributed by atoms with Crippen molar-refractivity contribution < 1.29 is 13.9 Å². The molecule has 1 amide bonds. The zero-order valence-corrected chi connectivity index (χ0v) is 14.0. The molecule has 25 heavy (non-hydrogen) atoms. The molecule has 0 bridgehead atoms. The van der Waals surface area contributed by atoms with E-state index in [9.17, 15) is 9.18 Å². The second-order valence-electron chi connectivity index (χ2n) is 5.80. The highest BCUT2D eigenvalue weighted by Gasteiger charge is 2.16. The Kier molecular flexibility index (Phi) is 5.40. The molecule has 3 rings (SSSR count). The van der Waals surface area contributed by atoms with Gasteiger partial charge in [-0.15, -0.1) is 0 Å². The number of rotatable bonds is 7. The molecule has 0 unspecified atom stereocenters. The molecule has 0 aliphatic carbocycles. The van der Waals surface area contributed by atoms with Crippen LogP contribution in [0.5, 0.6) is 0 Å². The number of nitrogens with zero attached hydrogens (tertiary/aromatic N) is 2. The first kappa shape index (κ1) is 17.1. The molecule has 0 aliphatic heterocycles. The maximum absolute atomic E-state index is 13.2. The molecule has 130 valence electrons. The molecule has 5 nitrogen and oxygen atoms in total. The van der Waals surface area contributed by atoms with Crippen molar-refractivity contribution in [2.75, 3.05) is 13.7 Å². The van der Waals surface area contributed by atoms with Gasteiger partial charge >= 0.3 is 0 Å². The van der Waals surface area contributed by atoms with Crippen molar-refractivity contribution in [2.24, 2.45) is 0 Å². The van der Waals surface area contributed by atoms with Crippen LogP contribution in [0.25, 0.3) is 11.0 Å². The third-order valence-electron chi connectivity index (χ3n) is 4.05. The van der Waals surface area contributed by atoms with Gasteiger partial charge in [0.1, 0.15) is 5.82 Å². The van der Waals surface area contributed by atoms with Crippen LogP contribution in [0.4, 0.5) is 4.39 Å². The first-order valence-electron chi connectivity index (χ1n) is 8.11. The summed E-state index contributed by atoms with van der Waals surface area (Å²) in [5.41, 5.74) is 2.72. The summed E-state index contributed by atoms with van der Waals surface area (Å²) in [6.45, 7) is 0.862. The van der Waals surface area contributed by atoms with E-state index in [2.05, 4.69) is 10.3 Å². The van der Waals surface area contributed by atoms with Gasteiger partial charge in [0.15, 0.2) is 0 Å². The number of para-hydroxylation sites is 2. The Morgan fingerprint density at radius 3 is 2.76 bits per heavy atom. The lowest BCUT2D eigenvalue weighted by molar-refractivity contribution is -0.122. The Labute approximate surface area is 145 Å². The van der Waals surface area contributed by atoms with Crippen LogP contribution in [-0.2, 0) is 16.1 Å². The predicted molar refractivity (Wildman–Crippen MR) is 93.5 cm³/mol. The van der Waals surface area contributed by atoms with E-state index in [4.69, 9.17) is 4.74 Å². The lowest BCUT2D eigenvalue weighted by atomic mass is 10.1. The minimum Gasteiger partial charge on any atom is -0.384 e. The molecular formula is C19H20FN3O2. The summed E-state index contributed by atoms with van der Waals surface area (Å²) in [6.07, 6.45) is 2.03. The minimum absolute atomic E-state index is 0.111. The zero-order chi connectivity index (χ0) is 17.6. The van der Waals surface area contributed by atoms with E-state index in [1.54, 1.807) is 25.6 Å². The number of ether oxygens (including phenoxy) is 1. The van der Waals surface area contributed by atoms with E-state index in [1.807, 2.05) is 28.8 Å². The maximum atomic E-state index is 13.2. The van der Waals surface area contributed by atoms with Crippen LogP contribution in [0, 0.1) is 5.82 Å². The van der Waals surface area contributed by atoms with E-state index >= 15 is 0 Å². The molecule has 1 N–H and O–H groups in total. The fourth-order valence-electron chi connectivity index (χ4n) is 2.74. The first-order chi connectivity index (χ1) is 12.2. The third-order valence-corrected chi connectivity index (χ3v) is 4.05. The lowest BCUT2D eigenvalue weighted by Gasteiger charge is -2.20. The highest BCUT2D eigenvalue weighted by atomic mass is 19.1. The van der Waals surface area contributed by atoms with Gasteiger partial charge in [-0.2, -0.15) is 0 Å². The normalized spacial score (nSPS) is 12.2. The Hall–Kier alpha value is -2.73. The largest absolute Gasteiger partial charge is 0.384 e. The average molecular weight is 341 g/mol. The Morgan fingerprint density at radius 2 is 2.00 bits per heavy atom. The van der Waals surface area contributed by atoms with Gasteiger partial charge in [-0.1, -0.05) is 24.3 Å². The molecular weight excluding hydrogens is 321 g/mol. The van der Waals surface area contributed by atoms with Gasteiger partial charge in [-0.3, -0.25) is 4.79 Å². The third kappa shape index (κ3) is 4.22. The van der Waals surface area contributed by atoms with Gasteiger partial charge in [0.2, 0.25) is 5.91 Å². The van der Waals surface area contributed by atoms with Gasteiger partial charge in [-0.25, -0.2) is 9.37 Å². The summed E-state index contributed by atoms with van der Waals surface area (Å²) >= 11 is 0. The number of halogens is 1. The van der Waals surface area contributed by atoms with Gasteiger partial charge in [-0.05, 0) is 29.8 Å². The van der Waals surface area contributed by atoms with Crippen molar-refractivity contribution in [3.8, 4) is 0 Å². The van der Waals surface area contributed by atoms with Crippen LogP contribution in [0.1, 0.15) is 18.0 Å². The number of fused-ring (bicyclic) bond motifs is 1. The summed E-state index contributed by atoms with van der Waals surface area (Å²) in [5, 5.41) is 3.00. The predicted octanol–water partition coefficient (Wildman–Crippen LogP) is 3.07. The standard InChI is InChI=1S/C19H20FN3O2/c1-25-11-10-19(24)22-17(14-6-8-15(20)9-7-14)12-23-13-21-16-4-2-3-5-18(16)23/h2-9,13,17H,10-12H2,1H3,(H,22,24)/t17-/m0/s1. The van der Waals surface area contributed by atoms with Crippen molar-refractivity contribution >= 4 is 16.9 Å². The zero-order valence-electron chi connectivity index (χ0n) is 14.0. The summed E-state index contributed by atoms with van der Waals surface area (Å²) in [4.78, 5) is 16.5. The fraction of sp³-hybridized carbons (Fsp3) is 0.263. The molecule has 6 heteroatoms. The second kappa shape index (κ2) is 7.90. The highest BCUT2D eigenvalue weighted by molar-refractivity contribution is 5.77. The van der Waals surface area contributed by atoms with Crippen molar-refractivity contribution in [3.05, 3.63) is 66.2 Å². The molecule has 1 atom stereocenters. The molecule has 0 saturated heterocycles. The quantitative estimate of drug-likeness (QED) is 0.718. The average Bonchev–Trinajstić information content (AvgIpc) is 3.03. The van der Waals surface area contributed by atoms with E-state index in [0.29, 0.717) is 13.2 Å². The van der Waals surface area contributed by atoms with Crippen molar-refractivity contribution in [3.63, 3.8) is 0 Å². The van der Waals surface area contributed by atoms with E-state index in [1.165, 1.54) is 12.1 Å². The van der Waals surface area contributed by atoms with E-state index < -0.39 is 0 Å². The van der Waals surface area contributed by atoms with Gasteiger partial charge < -0.3 is 14.6 Å². The molecule has 1 heterocycles. The number of hydrogen-bond donors (Lipinski definition) is 1. The maximum Gasteiger partial charge on any atom is 0.222 e. The van der Waals surface area contributed by atoms with E-state index in [0.717, 1.165) is 16.6 Å². The van der Waals surface area contributed by atoms with Crippen molar-refractivity contribution in [1.82, 2.24) is 14.9 Å². The molecule has 0 aliphatic rings. The summed E-state index contributed by atoms with van der Waals surface area (Å²) in [5.74, 6) is -0.415. The van der Waals surface area contributed by atoms with Crippen LogP contribution < -0.4 is 5.32 Å². The number of carbonyl (C=O) groups excluding carboxylic acids is 1. The smallest absolute Gasteiger partial charge is 0.222 e.